The molecule has 26 heavy (non-hydrogen) atoms. The minimum Gasteiger partial charge on any atom is -0.369 e. The largest absolute Gasteiger partial charge is 0.369 e. The molecule has 7 heteroatoms. The van der Waals surface area contributed by atoms with Crippen LogP contribution in [-0.4, -0.2) is 44.7 Å². The van der Waals surface area contributed by atoms with Gasteiger partial charge in [0.2, 0.25) is 11.7 Å². The van der Waals surface area contributed by atoms with Crippen LogP contribution in [0.25, 0.3) is 11.4 Å². The van der Waals surface area contributed by atoms with Crippen molar-refractivity contribution in [1.82, 2.24) is 25.0 Å². The van der Waals surface area contributed by atoms with Crippen molar-refractivity contribution >= 4 is 0 Å². The van der Waals surface area contributed by atoms with Crippen molar-refractivity contribution < 1.29 is 9.26 Å². The van der Waals surface area contributed by atoms with Crippen LogP contribution in [0.4, 0.5) is 0 Å². The van der Waals surface area contributed by atoms with Crippen LogP contribution < -0.4 is 0 Å². The standard InChI is InChI=1S/C19H21N5O2/c1-13-5-3-4-6-15(13)10-24-7-8-25-17(11-24)18-16(9-20-12-21-18)19-22-14(2)26-23-19/h3-6,9,12,17H,7-8,10-11H2,1-2H3. The molecule has 4 rings (SSSR count). The third kappa shape index (κ3) is 3.49. The molecule has 0 bridgehead atoms. The summed E-state index contributed by atoms with van der Waals surface area (Å²) in [5, 5.41) is 4.00. The van der Waals surface area contributed by atoms with Gasteiger partial charge in [-0.1, -0.05) is 29.4 Å². The fourth-order valence-corrected chi connectivity index (χ4v) is 3.22. The molecule has 3 heterocycles. The molecule has 1 atom stereocenters. The summed E-state index contributed by atoms with van der Waals surface area (Å²) in [6, 6.07) is 8.48. The molecule has 134 valence electrons. The molecule has 1 saturated heterocycles. The van der Waals surface area contributed by atoms with E-state index in [-0.39, 0.29) is 6.10 Å². The topological polar surface area (TPSA) is 77.2 Å². The molecule has 1 fully saturated rings. The first-order valence-electron chi connectivity index (χ1n) is 8.70. The van der Waals surface area contributed by atoms with Gasteiger partial charge in [-0.3, -0.25) is 4.90 Å². The first-order chi connectivity index (χ1) is 12.7. The Labute approximate surface area is 152 Å². The van der Waals surface area contributed by atoms with Gasteiger partial charge in [0.25, 0.3) is 0 Å². The zero-order valence-electron chi connectivity index (χ0n) is 14.9. The van der Waals surface area contributed by atoms with Crippen molar-refractivity contribution in [2.45, 2.75) is 26.5 Å². The van der Waals surface area contributed by atoms with Crippen LogP contribution in [0, 0.1) is 13.8 Å². The number of hydrogen-bond donors (Lipinski definition) is 0. The number of ether oxygens (including phenoxy) is 1. The number of hydrogen-bond acceptors (Lipinski definition) is 7. The van der Waals surface area contributed by atoms with Gasteiger partial charge in [-0.25, -0.2) is 9.97 Å². The van der Waals surface area contributed by atoms with Gasteiger partial charge in [-0.05, 0) is 18.1 Å². The lowest BCUT2D eigenvalue weighted by Gasteiger charge is -2.33. The van der Waals surface area contributed by atoms with Crippen LogP contribution in [-0.2, 0) is 11.3 Å². The second-order valence-corrected chi connectivity index (χ2v) is 6.48. The zero-order chi connectivity index (χ0) is 17.9. The Bertz CT molecular complexity index is 895. The Morgan fingerprint density at radius 2 is 2.12 bits per heavy atom. The Hall–Kier alpha value is -2.64. The van der Waals surface area contributed by atoms with Crippen molar-refractivity contribution in [3.8, 4) is 11.4 Å². The lowest BCUT2D eigenvalue weighted by atomic mass is 10.1. The van der Waals surface area contributed by atoms with Crippen LogP contribution in [0.5, 0.6) is 0 Å². The molecule has 2 aromatic heterocycles. The normalized spacial score (nSPS) is 18.2. The van der Waals surface area contributed by atoms with Crippen LogP contribution >= 0.6 is 0 Å². The second-order valence-electron chi connectivity index (χ2n) is 6.48. The minimum atomic E-state index is -0.149. The summed E-state index contributed by atoms with van der Waals surface area (Å²) in [7, 11) is 0. The van der Waals surface area contributed by atoms with E-state index in [0.717, 1.165) is 30.9 Å². The number of rotatable bonds is 4. The van der Waals surface area contributed by atoms with Gasteiger partial charge in [0.05, 0.1) is 17.9 Å². The lowest BCUT2D eigenvalue weighted by Crippen LogP contribution is -2.38. The second kappa shape index (κ2) is 7.31. The predicted molar refractivity (Wildman–Crippen MR) is 95.2 cm³/mol. The molecule has 1 aliphatic rings. The van der Waals surface area contributed by atoms with Gasteiger partial charge in [0, 0.05) is 32.8 Å². The van der Waals surface area contributed by atoms with Crippen LogP contribution in [0.1, 0.15) is 28.8 Å². The Morgan fingerprint density at radius 3 is 2.92 bits per heavy atom. The zero-order valence-corrected chi connectivity index (χ0v) is 14.9. The monoisotopic (exact) mass is 351 g/mol. The van der Waals surface area contributed by atoms with Crippen molar-refractivity contribution in [2.24, 2.45) is 0 Å². The highest BCUT2D eigenvalue weighted by atomic mass is 16.5. The summed E-state index contributed by atoms with van der Waals surface area (Å²) < 4.78 is 11.1. The van der Waals surface area contributed by atoms with E-state index in [2.05, 4.69) is 56.2 Å². The fourth-order valence-electron chi connectivity index (χ4n) is 3.22. The van der Waals surface area contributed by atoms with E-state index in [1.165, 1.54) is 17.5 Å². The third-order valence-electron chi connectivity index (χ3n) is 4.62. The quantitative estimate of drug-likeness (QED) is 0.715. The van der Waals surface area contributed by atoms with E-state index in [4.69, 9.17) is 9.26 Å². The number of benzene rings is 1. The van der Waals surface area contributed by atoms with E-state index >= 15 is 0 Å². The number of nitrogens with zero attached hydrogens (tertiary/aromatic N) is 5. The lowest BCUT2D eigenvalue weighted by molar-refractivity contribution is -0.0348. The molecule has 0 saturated carbocycles. The molecule has 0 spiro atoms. The maximum atomic E-state index is 6.01. The predicted octanol–water partition coefficient (Wildman–Crippen LogP) is 2.72. The molecule has 3 aromatic rings. The number of aryl methyl sites for hydroxylation is 2. The molecule has 0 amide bonds. The Kier molecular flexibility index (Phi) is 4.73. The van der Waals surface area contributed by atoms with E-state index < -0.39 is 0 Å². The van der Waals surface area contributed by atoms with Crippen molar-refractivity contribution in [1.29, 1.82) is 0 Å². The average Bonchev–Trinajstić information content (AvgIpc) is 3.10. The molecule has 0 N–H and O–H groups in total. The Morgan fingerprint density at radius 1 is 1.23 bits per heavy atom. The molecule has 0 radical (unpaired) electrons. The maximum absolute atomic E-state index is 6.01. The maximum Gasteiger partial charge on any atom is 0.223 e. The van der Waals surface area contributed by atoms with Crippen LogP contribution in [0.3, 0.4) is 0 Å². The van der Waals surface area contributed by atoms with Gasteiger partial charge in [0.1, 0.15) is 12.4 Å². The number of morpholine rings is 1. The Balaban J connectivity index is 1.56. The van der Waals surface area contributed by atoms with Gasteiger partial charge in [0.15, 0.2) is 0 Å². The summed E-state index contributed by atoms with van der Waals surface area (Å²) in [5.41, 5.74) is 4.20. The van der Waals surface area contributed by atoms with Crippen LogP contribution in [0.2, 0.25) is 0 Å². The fraction of sp³-hybridized carbons (Fsp3) is 0.368. The van der Waals surface area contributed by atoms with Crippen molar-refractivity contribution in [3.05, 3.63) is 59.5 Å². The summed E-state index contributed by atoms with van der Waals surface area (Å²) in [4.78, 5) is 15.3. The summed E-state index contributed by atoms with van der Waals surface area (Å²) in [6.45, 7) is 7.12. The first-order valence-corrected chi connectivity index (χ1v) is 8.70. The summed E-state index contributed by atoms with van der Waals surface area (Å²) in [5.74, 6) is 1.01. The van der Waals surface area contributed by atoms with Gasteiger partial charge < -0.3 is 9.26 Å². The molecule has 7 nitrogen and oxygen atoms in total. The summed E-state index contributed by atoms with van der Waals surface area (Å²) >= 11 is 0. The highest BCUT2D eigenvalue weighted by Crippen LogP contribution is 2.29. The smallest absolute Gasteiger partial charge is 0.223 e. The van der Waals surface area contributed by atoms with E-state index in [1.54, 1.807) is 13.1 Å². The molecular formula is C19H21N5O2. The first kappa shape index (κ1) is 16.8. The highest BCUT2D eigenvalue weighted by Gasteiger charge is 2.27. The molecule has 1 aliphatic heterocycles. The van der Waals surface area contributed by atoms with Crippen molar-refractivity contribution in [2.75, 3.05) is 19.7 Å². The molecule has 1 unspecified atom stereocenters. The van der Waals surface area contributed by atoms with Crippen LogP contribution in [0.15, 0.2) is 41.3 Å². The van der Waals surface area contributed by atoms with Crippen molar-refractivity contribution in [3.63, 3.8) is 0 Å². The van der Waals surface area contributed by atoms with E-state index in [1.807, 2.05) is 0 Å². The van der Waals surface area contributed by atoms with Gasteiger partial charge >= 0.3 is 0 Å². The highest BCUT2D eigenvalue weighted by molar-refractivity contribution is 5.56. The van der Waals surface area contributed by atoms with E-state index in [0.29, 0.717) is 18.3 Å². The minimum absolute atomic E-state index is 0.149. The summed E-state index contributed by atoms with van der Waals surface area (Å²) in [6.07, 6.45) is 3.11. The SMILES string of the molecule is Cc1nc(-c2cncnc2C2CN(Cc3ccccc3C)CCO2)no1. The van der Waals surface area contributed by atoms with Gasteiger partial charge in [-0.2, -0.15) is 4.98 Å². The van der Waals surface area contributed by atoms with E-state index in [9.17, 15) is 0 Å². The van der Waals surface area contributed by atoms with Gasteiger partial charge in [-0.15, -0.1) is 0 Å². The molecule has 1 aromatic carbocycles. The third-order valence-corrected chi connectivity index (χ3v) is 4.62. The molecular weight excluding hydrogens is 330 g/mol. The molecule has 0 aliphatic carbocycles. The average molecular weight is 351 g/mol. The number of aromatic nitrogens is 4.